The van der Waals surface area contributed by atoms with E-state index in [-0.39, 0.29) is 21.5 Å². The van der Waals surface area contributed by atoms with Crippen LogP contribution in [0.4, 0.5) is 11.4 Å². The molecule has 0 radical (unpaired) electrons. The predicted molar refractivity (Wildman–Crippen MR) is 99.9 cm³/mol. The molecule has 9 heteroatoms. The highest BCUT2D eigenvalue weighted by Crippen LogP contribution is 2.25. The van der Waals surface area contributed by atoms with Crippen LogP contribution in [0.15, 0.2) is 65.8 Å². The smallest absolute Gasteiger partial charge is 0.262 e. The first-order valence-electron chi connectivity index (χ1n) is 7.52. The number of para-hydroxylation sites is 1. The van der Waals surface area contributed by atoms with Gasteiger partial charge in [0.15, 0.2) is 0 Å². The zero-order valence-corrected chi connectivity index (χ0v) is 15.3. The van der Waals surface area contributed by atoms with Crippen LogP contribution in [0.25, 0.3) is 0 Å². The van der Waals surface area contributed by atoms with Crippen LogP contribution in [-0.2, 0) is 17.1 Å². The van der Waals surface area contributed by atoms with E-state index in [1.807, 2.05) is 0 Å². The van der Waals surface area contributed by atoms with Crippen LogP contribution in [0.3, 0.4) is 0 Å². The maximum atomic E-state index is 12.6. The molecule has 3 aromatic rings. The minimum absolute atomic E-state index is 0.00130. The largest absolute Gasteiger partial charge is 0.322 e. The third-order valence-electron chi connectivity index (χ3n) is 3.49. The molecule has 0 spiro atoms. The molecule has 0 unspecified atom stereocenters. The quantitative estimate of drug-likeness (QED) is 0.699. The molecule has 0 saturated carbocycles. The average molecular weight is 391 g/mol. The van der Waals surface area contributed by atoms with E-state index >= 15 is 0 Å². The second-order valence-corrected chi connectivity index (χ2v) is 7.56. The standard InChI is InChI=1S/C17H15ClN4O3S/c1-22-11-12(10-19-22)17(23)20-13-5-4-6-14(9-13)26(24,25)21-16-8-3-2-7-15(16)18/h2-11,21H,1H3,(H,20,23). The van der Waals surface area contributed by atoms with Crippen molar-refractivity contribution in [1.29, 1.82) is 0 Å². The van der Waals surface area contributed by atoms with Gasteiger partial charge in [-0.3, -0.25) is 14.2 Å². The molecule has 134 valence electrons. The van der Waals surface area contributed by atoms with E-state index in [1.165, 1.54) is 23.0 Å². The van der Waals surface area contributed by atoms with Gasteiger partial charge in [0.2, 0.25) is 0 Å². The highest BCUT2D eigenvalue weighted by Gasteiger charge is 2.17. The van der Waals surface area contributed by atoms with Crippen LogP contribution < -0.4 is 10.0 Å². The summed E-state index contributed by atoms with van der Waals surface area (Å²) >= 11 is 6.00. The fourth-order valence-electron chi connectivity index (χ4n) is 2.23. The number of aromatic nitrogens is 2. The third-order valence-corrected chi connectivity index (χ3v) is 5.18. The molecule has 26 heavy (non-hydrogen) atoms. The van der Waals surface area contributed by atoms with Gasteiger partial charge in [-0.15, -0.1) is 0 Å². The SMILES string of the molecule is Cn1cc(C(=O)Nc2cccc(S(=O)(=O)Nc3ccccc3Cl)c2)cn1. The molecular formula is C17H15ClN4O3S. The number of benzene rings is 2. The Hall–Kier alpha value is -2.84. The molecule has 0 bridgehead atoms. The number of nitrogens with one attached hydrogen (secondary N) is 2. The summed E-state index contributed by atoms with van der Waals surface area (Å²) in [5.74, 6) is -0.383. The van der Waals surface area contributed by atoms with Gasteiger partial charge in [0.25, 0.3) is 15.9 Å². The summed E-state index contributed by atoms with van der Waals surface area (Å²) in [4.78, 5) is 12.2. The Labute approximate surface area is 155 Å². The second kappa shape index (κ2) is 7.19. The molecule has 1 amide bonds. The first-order chi connectivity index (χ1) is 12.3. The Balaban J connectivity index is 1.82. The summed E-state index contributed by atoms with van der Waals surface area (Å²) in [5.41, 5.74) is 0.995. The van der Waals surface area contributed by atoms with Crippen molar-refractivity contribution in [3.05, 3.63) is 71.5 Å². The van der Waals surface area contributed by atoms with Crippen LogP contribution in [0.1, 0.15) is 10.4 Å². The van der Waals surface area contributed by atoms with Crippen molar-refractivity contribution in [2.75, 3.05) is 10.0 Å². The molecule has 3 rings (SSSR count). The summed E-state index contributed by atoms with van der Waals surface area (Å²) in [7, 11) is -2.16. The van der Waals surface area contributed by atoms with Crippen LogP contribution in [0, 0.1) is 0 Å². The molecule has 1 aromatic heterocycles. The minimum Gasteiger partial charge on any atom is -0.322 e. The lowest BCUT2D eigenvalue weighted by Crippen LogP contribution is -2.15. The fourth-order valence-corrected chi connectivity index (χ4v) is 3.59. The van der Waals surface area contributed by atoms with Crippen LogP contribution in [0.2, 0.25) is 5.02 Å². The Bertz CT molecular complexity index is 1060. The van der Waals surface area contributed by atoms with Crippen molar-refractivity contribution in [2.24, 2.45) is 7.05 Å². The minimum atomic E-state index is -3.86. The molecule has 0 fully saturated rings. The third kappa shape index (κ3) is 4.04. The van der Waals surface area contributed by atoms with Crippen LogP contribution >= 0.6 is 11.6 Å². The van der Waals surface area contributed by atoms with Crippen LogP contribution in [0.5, 0.6) is 0 Å². The number of aryl methyl sites for hydroxylation is 1. The number of hydrogen-bond acceptors (Lipinski definition) is 4. The van der Waals surface area contributed by atoms with Gasteiger partial charge >= 0.3 is 0 Å². The first-order valence-corrected chi connectivity index (χ1v) is 9.39. The number of carbonyl (C=O) groups excluding carboxylic acids is 1. The van der Waals surface area contributed by atoms with Gasteiger partial charge in [0.05, 0.1) is 27.4 Å². The highest BCUT2D eigenvalue weighted by molar-refractivity contribution is 7.92. The molecule has 2 aromatic carbocycles. The number of carbonyl (C=O) groups is 1. The van der Waals surface area contributed by atoms with E-state index in [4.69, 9.17) is 11.6 Å². The summed E-state index contributed by atoms with van der Waals surface area (Å²) < 4.78 is 29.1. The van der Waals surface area contributed by atoms with Crippen molar-refractivity contribution >= 4 is 38.9 Å². The Morgan fingerprint density at radius 3 is 2.62 bits per heavy atom. The molecule has 0 aliphatic rings. The molecule has 1 heterocycles. The molecule has 0 aliphatic carbocycles. The van der Waals surface area contributed by atoms with Gasteiger partial charge in [0.1, 0.15) is 0 Å². The number of sulfonamides is 1. The average Bonchev–Trinajstić information content (AvgIpc) is 3.04. The van der Waals surface area contributed by atoms with Crippen molar-refractivity contribution in [3.63, 3.8) is 0 Å². The molecular weight excluding hydrogens is 376 g/mol. The summed E-state index contributed by atoms with van der Waals surface area (Å²) in [5, 5.41) is 6.87. The van der Waals surface area contributed by atoms with Gasteiger partial charge < -0.3 is 5.32 Å². The van der Waals surface area contributed by atoms with Crippen molar-refractivity contribution in [1.82, 2.24) is 9.78 Å². The summed E-state index contributed by atoms with van der Waals surface area (Å²) in [6, 6.07) is 12.5. The lowest BCUT2D eigenvalue weighted by Gasteiger charge is -2.11. The molecule has 0 atom stereocenters. The number of amides is 1. The first kappa shape index (κ1) is 18.0. The van der Waals surface area contributed by atoms with Gasteiger partial charge in [0, 0.05) is 18.9 Å². The monoisotopic (exact) mass is 390 g/mol. The zero-order valence-electron chi connectivity index (χ0n) is 13.7. The van der Waals surface area contributed by atoms with Gasteiger partial charge in [-0.05, 0) is 30.3 Å². The molecule has 2 N–H and O–H groups in total. The predicted octanol–water partition coefficient (Wildman–Crippen LogP) is 3.13. The van der Waals surface area contributed by atoms with Gasteiger partial charge in [-0.2, -0.15) is 5.10 Å². The number of nitrogens with zero attached hydrogens (tertiary/aromatic N) is 2. The Morgan fingerprint density at radius 1 is 1.15 bits per heavy atom. The Morgan fingerprint density at radius 2 is 1.92 bits per heavy atom. The molecule has 0 aliphatic heterocycles. The van der Waals surface area contributed by atoms with E-state index in [0.717, 1.165) is 0 Å². The van der Waals surface area contributed by atoms with E-state index in [0.29, 0.717) is 11.3 Å². The van der Waals surface area contributed by atoms with Gasteiger partial charge in [-0.1, -0.05) is 29.8 Å². The van der Waals surface area contributed by atoms with E-state index in [2.05, 4.69) is 15.1 Å². The number of halogens is 1. The molecule has 0 saturated heterocycles. The Kier molecular flexibility index (Phi) is 4.97. The second-order valence-electron chi connectivity index (χ2n) is 5.47. The highest BCUT2D eigenvalue weighted by atomic mass is 35.5. The molecule has 7 nitrogen and oxygen atoms in total. The van der Waals surface area contributed by atoms with E-state index in [1.54, 1.807) is 49.6 Å². The lowest BCUT2D eigenvalue weighted by atomic mass is 10.3. The van der Waals surface area contributed by atoms with Crippen molar-refractivity contribution in [2.45, 2.75) is 4.90 Å². The van der Waals surface area contributed by atoms with Crippen molar-refractivity contribution in [3.8, 4) is 0 Å². The lowest BCUT2D eigenvalue weighted by molar-refractivity contribution is 0.102. The number of anilines is 2. The zero-order chi connectivity index (χ0) is 18.7. The van der Waals surface area contributed by atoms with Crippen LogP contribution in [-0.4, -0.2) is 24.1 Å². The van der Waals surface area contributed by atoms with Gasteiger partial charge in [-0.25, -0.2) is 8.42 Å². The topological polar surface area (TPSA) is 93.1 Å². The van der Waals surface area contributed by atoms with E-state index < -0.39 is 10.0 Å². The number of hydrogen-bond donors (Lipinski definition) is 2. The fraction of sp³-hybridized carbons (Fsp3) is 0.0588. The maximum absolute atomic E-state index is 12.6. The van der Waals surface area contributed by atoms with Crippen molar-refractivity contribution < 1.29 is 13.2 Å². The maximum Gasteiger partial charge on any atom is 0.262 e. The van der Waals surface area contributed by atoms with E-state index in [9.17, 15) is 13.2 Å². The summed E-state index contributed by atoms with van der Waals surface area (Å²) in [6.45, 7) is 0. The normalized spacial score (nSPS) is 11.2. The summed E-state index contributed by atoms with van der Waals surface area (Å²) in [6.07, 6.45) is 2.99. The number of rotatable bonds is 5.